The fraction of sp³-hybridized carbons (Fsp3) is 0.833. The second kappa shape index (κ2) is 4.45. The molecule has 4 nitrogen and oxygen atoms in total. The predicted molar refractivity (Wildman–Crippen MR) is 58.6 cm³/mol. The molecule has 0 atom stereocenters. The molecular formula is C12H20O4. The van der Waals surface area contributed by atoms with Crippen LogP contribution in [0.15, 0.2) is 12.7 Å². The normalized spacial score (nSPS) is 29.1. The Morgan fingerprint density at radius 2 is 1.69 bits per heavy atom. The summed E-state index contributed by atoms with van der Waals surface area (Å²) in [6.07, 6.45) is 1.52. The van der Waals surface area contributed by atoms with Gasteiger partial charge in [-0.05, 0) is 6.42 Å². The zero-order valence-electron chi connectivity index (χ0n) is 10.0. The molecule has 16 heavy (non-hydrogen) atoms. The van der Waals surface area contributed by atoms with Crippen molar-refractivity contribution in [2.24, 2.45) is 11.3 Å². The van der Waals surface area contributed by atoms with Crippen molar-refractivity contribution < 1.29 is 18.9 Å². The zero-order chi connectivity index (χ0) is 11.6. The average molecular weight is 228 g/mol. The van der Waals surface area contributed by atoms with Crippen LogP contribution in [0.3, 0.4) is 0 Å². The van der Waals surface area contributed by atoms with E-state index >= 15 is 0 Å². The first-order chi connectivity index (χ1) is 7.55. The largest absolute Gasteiger partial charge is 0.412 e. The highest BCUT2D eigenvalue weighted by Gasteiger charge is 2.46. The molecule has 1 spiro atoms. The van der Waals surface area contributed by atoms with Crippen molar-refractivity contribution in [1.29, 1.82) is 0 Å². The molecule has 92 valence electrons. The second-order valence-electron chi connectivity index (χ2n) is 5.25. The topological polar surface area (TPSA) is 36.9 Å². The summed E-state index contributed by atoms with van der Waals surface area (Å²) in [4.78, 5) is 0. The Labute approximate surface area is 96.5 Å². The molecule has 0 bridgehead atoms. The first kappa shape index (κ1) is 12.0. The Hall–Kier alpha value is -0.420. The summed E-state index contributed by atoms with van der Waals surface area (Å²) in [5.41, 5.74) is 0.0237. The molecule has 0 aliphatic carbocycles. The lowest BCUT2D eigenvalue weighted by Crippen LogP contribution is -2.54. The minimum atomic E-state index is -1.24. The van der Waals surface area contributed by atoms with E-state index in [1.165, 1.54) is 0 Å². The van der Waals surface area contributed by atoms with E-state index in [9.17, 15) is 0 Å². The Kier molecular flexibility index (Phi) is 3.35. The van der Waals surface area contributed by atoms with Gasteiger partial charge in [0.25, 0.3) is 0 Å². The lowest BCUT2D eigenvalue weighted by Gasteiger charge is -2.44. The smallest absolute Gasteiger partial charge is 0.303 e. The molecule has 2 rings (SSSR count). The summed E-state index contributed by atoms with van der Waals surface area (Å²) < 4.78 is 22.2. The van der Waals surface area contributed by atoms with Gasteiger partial charge in [0, 0.05) is 11.3 Å². The molecule has 0 saturated carbocycles. The van der Waals surface area contributed by atoms with Gasteiger partial charge in [-0.15, -0.1) is 6.58 Å². The summed E-state index contributed by atoms with van der Waals surface area (Å²) in [7, 11) is 0. The van der Waals surface area contributed by atoms with Gasteiger partial charge in [-0.2, -0.15) is 0 Å². The highest BCUT2D eigenvalue weighted by atomic mass is 17.0. The first-order valence-electron chi connectivity index (χ1n) is 5.72. The molecule has 0 aromatic heterocycles. The van der Waals surface area contributed by atoms with Crippen LogP contribution in [0.5, 0.6) is 0 Å². The first-order valence-corrected chi connectivity index (χ1v) is 5.72. The van der Waals surface area contributed by atoms with Crippen molar-refractivity contribution in [2.75, 3.05) is 26.4 Å². The van der Waals surface area contributed by atoms with Crippen LogP contribution in [0.4, 0.5) is 0 Å². The van der Waals surface area contributed by atoms with Gasteiger partial charge in [0.05, 0.1) is 26.4 Å². The summed E-state index contributed by atoms with van der Waals surface area (Å²) in [5, 5.41) is 0. The zero-order valence-corrected chi connectivity index (χ0v) is 10.0. The Morgan fingerprint density at radius 1 is 1.12 bits per heavy atom. The monoisotopic (exact) mass is 228 g/mol. The lowest BCUT2D eigenvalue weighted by molar-refractivity contribution is -0.539. The van der Waals surface area contributed by atoms with Crippen molar-refractivity contribution in [3.05, 3.63) is 12.7 Å². The minimum absolute atomic E-state index is 0.0237. The Morgan fingerprint density at radius 3 is 2.19 bits per heavy atom. The van der Waals surface area contributed by atoms with Crippen molar-refractivity contribution in [2.45, 2.75) is 26.4 Å². The third-order valence-electron chi connectivity index (χ3n) is 2.77. The average Bonchev–Trinajstić information content (AvgIpc) is 2.27. The quantitative estimate of drug-likeness (QED) is 0.676. The highest BCUT2D eigenvalue weighted by Crippen LogP contribution is 2.34. The van der Waals surface area contributed by atoms with E-state index in [-0.39, 0.29) is 5.41 Å². The van der Waals surface area contributed by atoms with Crippen LogP contribution in [0, 0.1) is 11.3 Å². The number of hydrogen-bond donors (Lipinski definition) is 0. The maximum atomic E-state index is 5.56. The fourth-order valence-electron chi connectivity index (χ4n) is 1.72. The maximum Gasteiger partial charge on any atom is 0.412 e. The van der Waals surface area contributed by atoms with Gasteiger partial charge in [-0.3, -0.25) is 0 Å². The molecule has 0 unspecified atom stereocenters. The molecule has 0 amide bonds. The molecule has 2 heterocycles. The predicted octanol–water partition coefficient (Wildman–Crippen LogP) is 1.91. The fourth-order valence-corrected chi connectivity index (χ4v) is 1.72. The van der Waals surface area contributed by atoms with Gasteiger partial charge >= 0.3 is 6.16 Å². The van der Waals surface area contributed by atoms with Gasteiger partial charge < -0.3 is 18.9 Å². The molecule has 2 aliphatic heterocycles. The molecule has 0 N–H and O–H groups in total. The van der Waals surface area contributed by atoms with Crippen molar-refractivity contribution in [3.63, 3.8) is 0 Å². The van der Waals surface area contributed by atoms with Crippen LogP contribution in [-0.4, -0.2) is 32.6 Å². The molecule has 0 radical (unpaired) electrons. The molecule has 2 aliphatic rings. The molecular weight excluding hydrogens is 208 g/mol. The highest BCUT2D eigenvalue weighted by molar-refractivity contribution is 4.77. The van der Waals surface area contributed by atoms with E-state index < -0.39 is 6.16 Å². The summed E-state index contributed by atoms with van der Waals surface area (Å²) >= 11 is 0. The van der Waals surface area contributed by atoms with Gasteiger partial charge in [0.1, 0.15) is 0 Å². The van der Waals surface area contributed by atoms with Crippen molar-refractivity contribution in [3.8, 4) is 0 Å². The standard InChI is InChI=1S/C12H20O4/c1-4-5-10-6-13-12(14-7-10)15-8-11(2,3)9-16-12/h4,10H,1,5-9H2,2-3H3. The minimum Gasteiger partial charge on any atom is -0.303 e. The van der Waals surface area contributed by atoms with Crippen LogP contribution in [-0.2, 0) is 18.9 Å². The Bertz CT molecular complexity index is 242. The van der Waals surface area contributed by atoms with Crippen molar-refractivity contribution in [1.82, 2.24) is 0 Å². The van der Waals surface area contributed by atoms with Crippen LogP contribution in [0.1, 0.15) is 20.3 Å². The molecule has 2 saturated heterocycles. The molecule has 4 heteroatoms. The van der Waals surface area contributed by atoms with Gasteiger partial charge in [0.15, 0.2) is 0 Å². The van der Waals surface area contributed by atoms with Gasteiger partial charge in [-0.1, -0.05) is 19.9 Å². The summed E-state index contributed by atoms with van der Waals surface area (Å²) in [5.74, 6) is 0.352. The SMILES string of the molecule is C=CCC1COC2(OC1)OCC(C)(C)CO2. The van der Waals surface area contributed by atoms with Gasteiger partial charge in [-0.25, -0.2) is 0 Å². The van der Waals surface area contributed by atoms with E-state index in [1.807, 2.05) is 6.08 Å². The van der Waals surface area contributed by atoms with Gasteiger partial charge in [0.2, 0.25) is 0 Å². The van der Waals surface area contributed by atoms with Crippen LogP contribution in [0.25, 0.3) is 0 Å². The van der Waals surface area contributed by atoms with E-state index in [0.29, 0.717) is 32.3 Å². The van der Waals surface area contributed by atoms with E-state index in [1.54, 1.807) is 0 Å². The molecule has 0 aromatic carbocycles. The van der Waals surface area contributed by atoms with Crippen LogP contribution in [0.2, 0.25) is 0 Å². The van der Waals surface area contributed by atoms with Crippen molar-refractivity contribution >= 4 is 0 Å². The third kappa shape index (κ3) is 2.63. The summed E-state index contributed by atoms with van der Waals surface area (Å²) in [6, 6.07) is 0. The van der Waals surface area contributed by atoms with Crippen LogP contribution >= 0.6 is 0 Å². The summed E-state index contributed by atoms with van der Waals surface area (Å²) in [6.45, 7) is 10.2. The van der Waals surface area contributed by atoms with E-state index in [2.05, 4.69) is 20.4 Å². The molecule has 0 aromatic rings. The number of ether oxygens (including phenoxy) is 4. The maximum absolute atomic E-state index is 5.56. The Balaban J connectivity index is 1.86. The molecule has 2 fully saturated rings. The third-order valence-corrected chi connectivity index (χ3v) is 2.77. The van der Waals surface area contributed by atoms with Crippen LogP contribution < -0.4 is 0 Å². The van der Waals surface area contributed by atoms with E-state index in [0.717, 1.165) is 6.42 Å². The second-order valence-corrected chi connectivity index (χ2v) is 5.25. The number of rotatable bonds is 2. The van der Waals surface area contributed by atoms with E-state index in [4.69, 9.17) is 18.9 Å². The number of hydrogen-bond acceptors (Lipinski definition) is 4. The number of allylic oxidation sites excluding steroid dienone is 1. The lowest BCUT2D eigenvalue weighted by atomic mass is 9.96.